The quantitative estimate of drug-likeness (QED) is 0.295. The van der Waals surface area contributed by atoms with Gasteiger partial charge in [-0.15, -0.1) is 0 Å². The predicted octanol–water partition coefficient (Wildman–Crippen LogP) is 6.07. The van der Waals surface area contributed by atoms with Crippen molar-refractivity contribution in [1.29, 1.82) is 5.26 Å². The highest BCUT2D eigenvalue weighted by atomic mass is 35.5. The van der Waals surface area contributed by atoms with E-state index in [1.165, 1.54) is 12.1 Å². The van der Waals surface area contributed by atoms with Gasteiger partial charge in [0.05, 0.1) is 17.2 Å². The van der Waals surface area contributed by atoms with E-state index in [0.717, 1.165) is 36.2 Å². The van der Waals surface area contributed by atoms with Crippen molar-refractivity contribution < 1.29 is 4.39 Å². The topological polar surface area (TPSA) is 65.2 Å². The van der Waals surface area contributed by atoms with Crippen molar-refractivity contribution in [3.05, 3.63) is 105 Å². The van der Waals surface area contributed by atoms with E-state index in [1.54, 1.807) is 29.8 Å². The van der Waals surface area contributed by atoms with Crippen molar-refractivity contribution >= 4 is 28.3 Å². The number of hydrogen-bond donors (Lipinski definition) is 0. The molecular formula is C31H31ClFN5O. The minimum Gasteiger partial charge on any atom is -0.364 e. The van der Waals surface area contributed by atoms with Gasteiger partial charge in [-0.25, -0.2) is 9.37 Å². The van der Waals surface area contributed by atoms with Crippen LogP contribution in [0.5, 0.6) is 0 Å². The summed E-state index contributed by atoms with van der Waals surface area (Å²) in [5.74, 6) is -0.265. The van der Waals surface area contributed by atoms with Gasteiger partial charge in [-0.05, 0) is 60.4 Å². The van der Waals surface area contributed by atoms with E-state index in [9.17, 15) is 14.4 Å². The van der Waals surface area contributed by atoms with Gasteiger partial charge in [0.2, 0.25) is 0 Å². The molecule has 8 heteroatoms. The van der Waals surface area contributed by atoms with Crippen molar-refractivity contribution in [2.45, 2.75) is 44.8 Å². The summed E-state index contributed by atoms with van der Waals surface area (Å²) in [6.45, 7) is 5.73. The van der Waals surface area contributed by atoms with E-state index in [4.69, 9.17) is 11.6 Å². The van der Waals surface area contributed by atoms with Crippen LogP contribution in [0.25, 0.3) is 11.0 Å². The van der Waals surface area contributed by atoms with E-state index in [1.807, 2.05) is 36.4 Å². The second-order valence-electron chi connectivity index (χ2n) is 10.1. The number of anilines is 1. The summed E-state index contributed by atoms with van der Waals surface area (Å²) in [4.78, 5) is 22.4. The third-order valence-electron chi connectivity index (χ3n) is 7.88. The van der Waals surface area contributed by atoms with Gasteiger partial charge in [-0.2, -0.15) is 5.26 Å². The van der Waals surface area contributed by atoms with Gasteiger partial charge in [-0.3, -0.25) is 9.69 Å². The zero-order chi connectivity index (χ0) is 27.7. The molecule has 0 saturated carbocycles. The minimum absolute atomic E-state index is 0.0888. The van der Waals surface area contributed by atoms with Gasteiger partial charge < -0.3 is 9.47 Å². The summed E-state index contributed by atoms with van der Waals surface area (Å²) in [6, 6.07) is 22.0. The fourth-order valence-corrected chi connectivity index (χ4v) is 5.88. The van der Waals surface area contributed by atoms with Crippen LogP contribution in [-0.4, -0.2) is 39.6 Å². The van der Waals surface area contributed by atoms with Gasteiger partial charge in [0.1, 0.15) is 23.1 Å². The lowest BCUT2D eigenvalue weighted by molar-refractivity contribution is 0.111. The maximum absolute atomic E-state index is 13.9. The zero-order valence-corrected chi connectivity index (χ0v) is 23.1. The van der Waals surface area contributed by atoms with Crippen LogP contribution >= 0.6 is 11.6 Å². The number of hydrogen-bond acceptors (Lipinski definition) is 5. The van der Waals surface area contributed by atoms with Crippen molar-refractivity contribution in [2.24, 2.45) is 7.05 Å². The number of benzene rings is 2. The van der Waals surface area contributed by atoms with Crippen LogP contribution in [0.2, 0.25) is 5.02 Å². The Kier molecular flexibility index (Phi) is 7.69. The van der Waals surface area contributed by atoms with Crippen molar-refractivity contribution in [2.75, 3.05) is 18.0 Å². The highest BCUT2D eigenvalue weighted by Crippen LogP contribution is 2.37. The maximum Gasteiger partial charge on any atom is 0.252 e. The van der Waals surface area contributed by atoms with E-state index < -0.39 is 0 Å². The summed E-state index contributed by atoms with van der Waals surface area (Å²) in [5, 5.41) is 10.2. The molecule has 1 unspecified atom stereocenters. The molecular weight excluding hydrogens is 513 g/mol. The maximum atomic E-state index is 13.9. The Bertz CT molecular complexity index is 1530. The average Bonchev–Trinajstić information content (AvgIpc) is 2.96. The SMILES string of the molecule is CC[C@H]1CN(C(c2ccc(F)cc2)c2ccc(Cl)cc2)[C@H](CC)CN1c1cc(=O)n(C)c2ccc(C#N)nc12. The molecule has 1 saturated heterocycles. The lowest BCUT2D eigenvalue weighted by Crippen LogP contribution is -2.59. The molecule has 0 aliphatic carbocycles. The summed E-state index contributed by atoms with van der Waals surface area (Å²) in [5.41, 5.74) is 4.43. The summed E-state index contributed by atoms with van der Waals surface area (Å²) < 4.78 is 15.5. The molecule has 5 rings (SSSR count). The predicted molar refractivity (Wildman–Crippen MR) is 154 cm³/mol. The number of aromatic nitrogens is 2. The molecule has 0 spiro atoms. The Morgan fingerprint density at radius 1 is 1.00 bits per heavy atom. The molecule has 4 aromatic rings. The number of piperazine rings is 1. The van der Waals surface area contributed by atoms with E-state index in [2.05, 4.69) is 34.7 Å². The number of rotatable bonds is 6. The van der Waals surface area contributed by atoms with Crippen molar-refractivity contribution in [3.63, 3.8) is 0 Å². The van der Waals surface area contributed by atoms with Crippen LogP contribution in [0.1, 0.15) is 49.6 Å². The second-order valence-corrected chi connectivity index (χ2v) is 10.5. The first-order valence-corrected chi connectivity index (χ1v) is 13.7. The number of nitriles is 1. The van der Waals surface area contributed by atoms with Crippen LogP contribution in [0.4, 0.5) is 10.1 Å². The summed E-state index contributed by atoms with van der Waals surface area (Å²) in [6.07, 6.45) is 1.72. The number of pyridine rings is 2. The smallest absolute Gasteiger partial charge is 0.252 e. The number of nitrogens with zero attached hydrogens (tertiary/aromatic N) is 5. The van der Waals surface area contributed by atoms with Gasteiger partial charge in [-0.1, -0.05) is 49.7 Å². The molecule has 1 aliphatic heterocycles. The Balaban J connectivity index is 1.61. The molecule has 200 valence electrons. The fourth-order valence-electron chi connectivity index (χ4n) is 5.75. The Morgan fingerprint density at radius 3 is 2.26 bits per heavy atom. The van der Waals surface area contributed by atoms with Crippen molar-refractivity contribution in [3.8, 4) is 6.07 Å². The summed E-state index contributed by atoms with van der Waals surface area (Å²) >= 11 is 6.23. The van der Waals surface area contributed by atoms with Crippen molar-refractivity contribution in [1.82, 2.24) is 14.5 Å². The van der Waals surface area contributed by atoms with Crippen LogP contribution < -0.4 is 10.5 Å². The molecule has 3 heterocycles. The van der Waals surface area contributed by atoms with Gasteiger partial charge >= 0.3 is 0 Å². The molecule has 0 bridgehead atoms. The normalized spacial score (nSPS) is 18.7. The van der Waals surface area contributed by atoms with Gasteiger partial charge in [0.15, 0.2) is 0 Å². The monoisotopic (exact) mass is 543 g/mol. The lowest BCUT2D eigenvalue weighted by Gasteiger charge is -2.50. The Morgan fingerprint density at radius 2 is 1.64 bits per heavy atom. The first kappa shape index (κ1) is 26.9. The van der Waals surface area contributed by atoms with Crippen LogP contribution in [0, 0.1) is 17.1 Å². The van der Waals surface area contributed by atoms with E-state index in [0.29, 0.717) is 28.3 Å². The highest BCUT2D eigenvalue weighted by Gasteiger charge is 2.38. The molecule has 2 aromatic heterocycles. The standard InChI is InChI=1S/C31H31ClFN5O/c1-4-25-19-38(31(20-6-10-22(32)11-7-20)21-8-12-23(33)13-9-21)26(5-2)18-37(25)28-16-29(39)36(3)27-15-14-24(17-34)35-30(27)28/h6-16,25-26,31H,4-5,18-19H2,1-3H3/t25-,26+,31?/m0/s1. The molecule has 0 radical (unpaired) electrons. The first-order valence-electron chi connectivity index (χ1n) is 13.3. The van der Waals surface area contributed by atoms with E-state index >= 15 is 0 Å². The lowest BCUT2D eigenvalue weighted by atomic mass is 9.91. The second kappa shape index (κ2) is 11.2. The van der Waals surface area contributed by atoms with Crippen LogP contribution in [0.15, 0.2) is 71.5 Å². The highest BCUT2D eigenvalue weighted by molar-refractivity contribution is 6.30. The molecule has 2 aromatic carbocycles. The largest absolute Gasteiger partial charge is 0.364 e. The molecule has 3 atom stereocenters. The van der Waals surface area contributed by atoms with E-state index in [-0.39, 0.29) is 29.5 Å². The number of fused-ring (bicyclic) bond motifs is 1. The Hall–Kier alpha value is -3.73. The zero-order valence-electron chi connectivity index (χ0n) is 22.3. The molecule has 0 N–H and O–H groups in total. The Labute approximate surface area is 232 Å². The van der Waals surface area contributed by atoms with Gasteiger partial charge in [0.25, 0.3) is 5.56 Å². The molecule has 6 nitrogen and oxygen atoms in total. The average molecular weight is 544 g/mol. The van der Waals surface area contributed by atoms with Crippen LogP contribution in [-0.2, 0) is 7.05 Å². The van der Waals surface area contributed by atoms with Gasteiger partial charge in [0, 0.05) is 43.3 Å². The summed E-state index contributed by atoms with van der Waals surface area (Å²) in [7, 11) is 1.73. The molecule has 39 heavy (non-hydrogen) atoms. The number of halogens is 2. The number of aryl methyl sites for hydroxylation is 1. The minimum atomic E-state index is -0.265. The third kappa shape index (κ3) is 5.15. The molecule has 0 amide bonds. The molecule has 1 aliphatic rings. The van der Waals surface area contributed by atoms with Crippen LogP contribution in [0.3, 0.4) is 0 Å². The fraction of sp³-hybridized carbons (Fsp3) is 0.323. The third-order valence-corrected chi connectivity index (χ3v) is 8.13. The molecule has 1 fully saturated rings. The first-order chi connectivity index (χ1) is 18.8.